The summed E-state index contributed by atoms with van der Waals surface area (Å²) in [5.74, 6) is 3.44. The van der Waals surface area contributed by atoms with Gasteiger partial charge in [-0.3, -0.25) is 4.79 Å². The Morgan fingerprint density at radius 1 is 1.15 bits per heavy atom. The number of fused-ring (bicyclic) bond motifs is 1. The Kier molecular flexibility index (Phi) is 6.27. The number of amides is 1. The number of piperidine rings is 1. The number of aromatic nitrogens is 3. The average molecular weight is 535 g/mol. The molecule has 1 N–H and O–H groups in total. The van der Waals surface area contributed by atoms with Crippen LogP contribution in [-0.2, 0) is 0 Å². The number of carbonyl (C=O) groups is 1. The number of anilines is 1. The van der Waals surface area contributed by atoms with Crippen LogP contribution in [0.4, 0.5) is 5.82 Å². The van der Waals surface area contributed by atoms with Crippen molar-refractivity contribution in [3.05, 3.63) is 81.4 Å². The Labute approximate surface area is 211 Å². The van der Waals surface area contributed by atoms with Crippen LogP contribution in [0.1, 0.15) is 28.8 Å². The van der Waals surface area contributed by atoms with Crippen molar-refractivity contribution in [2.75, 3.05) is 18.4 Å². The molecule has 0 spiro atoms. The molecule has 8 heteroatoms. The van der Waals surface area contributed by atoms with Gasteiger partial charge in [0.15, 0.2) is 5.65 Å². The van der Waals surface area contributed by atoms with Crippen LogP contribution in [0, 0.1) is 12.3 Å². The molecule has 0 radical (unpaired) electrons. The summed E-state index contributed by atoms with van der Waals surface area (Å²) in [6.45, 7) is 1.34. The minimum atomic E-state index is 0.0327. The number of hydrogen-bond donors (Lipinski definition) is 1. The van der Waals surface area contributed by atoms with Gasteiger partial charge in [-0.1, -0.05) is 35.7 Å². The molecule has 1 aliphatic heterocycles. The quantitative estimate of drug-likeness (QED) is 0.351. The lowest BCUT2D eigenvalue weighted by molar-refractivity contribution is 0.0718. The fourth-order valence-electron chi connectivity index (χ4n) is 4.17. The summed E-state index contributed by atoms with van der Waals surface area (Å²) in [6, 6.07) is 17.0. The fraction of sp³-hybridized carbons (Fsp3) is 0.192. The van der Waals surface area contributed by atoms with E-state index < -0.39 is 0 Å². The second kappa shape index (κ2) is 9.49. The molecule has 0 unspecified atom stereocenters. The molecule has 2 aromatic heterocycles. The minimum absolute atomic E-state index is 0.0327. The predicted octanol–water partition coefficient (Wildman–Crippen LogP) is 5.51. The summed E-state index contributed by atoms with van der Waals surface area (Å²) < 4.78 is 2.59. The van der Waals surface area contributed by atoms with E-state index in [0.29, 0.717) is 29.3 Å². The van der Waals surface area contributed by atoms with Crippen LogP contribution in [0.3, 0.4) is 0 Å². The van der Waals surface area contributed by atoms with Gasteiger partial charge in [0, 0.05) is 46.9 Å². The number of nitrogens with zero attached hydrogens (tertiary/aromatic N) is 4. The SMILES string of the molecule is C#Cc1ccc(C(=O)N2CCC(Nc3cc(-c4ccccc4Cl)nc4c(Br)cnn34)CC2)cc1. The standard InChI is InChI=1S/C26H21BrClN5O/c1-2-17-7-9-18(10-8-17)26(34)32-13-11-19(12-14-32)30-24-15-23(20-5-3-4-6-22(20)28)31-25-21(27)16-29-33(24)25/h1,3-10,15-16,19,30H,11-14H2. The molecular formula is C26H21BrClN5O. The minimum Gasteiger partial charge on any atom is -0.367 e. The van der Waals surface area contributed by atoms with Crippen molar-refractivity contribution in [1.29, 1.82) is 0 Å². The van der Waals surface area contributed by atoms with E-state index in [0.717, 1.165) is 40.0 Å². The van der Waals surface area contributed by atoms with Gasteiger partial charge in [-0.25, -0.2) is 4.98 Å². The molecule has 1 aliphatic rings. The first-order chi connectivity index (χ1) is 16.5. The predicted molar refractivity (Wildman–Crippen MR) is 138 cm³/mol. The van der Waals surface area contributed by atoms with Crippen molar-refractivity contribution in [2.24, 2.45) is 0 Å². The van der Waals surface area contributed by atoms with Gasteiger partial charge in [0.2, 0.25) is 0 Å². The second-order valence-electron chi connectivity index (χ2n) is 8.17. The van der Waals surface area contributed by atoms with E-state index in [1.807, 2.05) is 35.2 Å². The van der Waals surface area contributed by atoms with E-state index >= 15 is 0 Å². The van der Waals surface area contributed by atoms with E-state index in [1.54, 1.807) is 35.0 Å². The average Bonchev–Trinajstić information content (AvgIpc) is 3.25. The molecule has 6 nitrogen and oxygen atoms in total. The third-order valence-corrected chi connectivity index (χ3v) is 6.90. The van der Waals surface area contributed by atoms with Gasteiger partial charge in [0.1, 0.15) is 5.82 Å². The van der Waals surface area contributed by atoms with Crippen LogP contribution < -0.4 is 5.32 Å². The number of benzene rings is 2. The molecule has 0 aliphatic carbocycles. The van der Waals surface area contributed by atoms with Gasteiger partial charge < -0.3 is 10.2 Å². The van der Waals surface area contributed by atoms with Crippen molar-refractivity contribution in [1.82, 2.24) is 19.5 Å². The van der Waals surface area contributed by atoms with Crippen molar-refractivity contribution < 1.29 is 4.79 Å². The number of halogens is 2. The molecule has 0 atom stereocenters. The molecule has 4 aromatic rings. The maximum atomic E-state index is 12.9. The molecule has 1 fully saturated rings. The van der Waals surface area contributed by atoms with E-state index in [1.165, 1.54) is 0 Å². The summed E-state index contributed by atoms with van der Waals surface area (Å²) in [6.07, 6.45) is 8.79. The molecule has 3 heterocycles. The highest BCUT2D eigenvalue weighted by molar-refractivity contribution is 9.10. The molecule has 2 aromatic carbocycles. The van der Waals surface area contributed by atoms with Gasteiger partial charge in [0.25, 0.3) is 5.91 Å². The maximum Gasteiger partial charge on any atom is 0.253 e. The first kappa shape index (κ1) is 22.5. The lowest BCUT2D eigenvalue weighted by Gasteiger charge is -2.33. The van der Waals surface area contributed by atoms with Crippen molar-refractivity contribution >= 4 is 44.9 Å². The Bertz CT molecular complexity index is 1400. The van der Waals surface area contributed by atoms with Crippen molar-refractivity contribution in [3.63, 3.8) is 0 Å². The Hall–Kier alpha value is -3.34. The number of likely N-dealkylation sites (tertiary alicyclic amines) is 1. The normalized spacial score (nSPS) is 14.2. The maximum absolute atomic E-state index is 12.9. The number of rotatable bonds is 4. The zero-order chi connectivity index (χ0) is 23.7. The van der Waals surface area contributed by atoms with Gasteiger partial charge >= 0.3 is 0 Å². The van der Waals surface area contributed by atoms with Gasteiger partial charge in [-0.05, 0) is 59.1 Å². The topological polar surface area (TPSA) is 62.5 Å². The lowest BCUT2D eigenvalue weighted by atomic mass is 10.0. The number of terminal acetylenes is 1. The van der Waals surface area contributed by atoms with Crippen molar-refractivity contribution in [3.8, 4) is 23.6 Å². The lowest BCUT2D eigenvalue weighted by Crippen LogP contribution is -2.42. The van der Waals surface area contributed by atoms with Gasteiger partial charge in [0.05, 0.1) is 16.4 Å². The largest absolute Gasteiger partial charge is 0.367 e. The van der Waals surface area contributed by atoms with Crippen LogP contribution in [0.25, 0.3) is 16.9 Å². The molecule has 34 heavy (non-hydrogen) atoms. The summed E-state index contributed by atoms with van der Waals surface area (Å²) in [5, 5.41) is 8.73. The highest BCUT2D eigenvalue weighted by atomic mass is 79.9. The molecular weight excluding hydrogens is 514 g/mol. The third kappa shape index (κ3) is 4.39. The molecule has 170 valence electrons. The van der Waals surface area contributed by atoms with Gasteiger partial charge in [-0.15, -0.1) is 6.42 Å². The second-order valence-corrected chi connectivity index (χ2v) is 9.43. The molecule has 0 bridgehead atoms. The first-order valence-electron chi connectivity index (χ1n) is 10.9. The Morgan fingerprint density at radius 3 is 2.59 bits per heavy atom. The fourth-order valence-corrected chi connectivity index (χ4v) is 4.75. The van der Waals surface area contributed by atoms with Crippen LogP contribution in [-0.4, -0.2) is 44.5 Å². The van der Waals surface area contributed by atoms with Crippen LogP contribution in [0.5, 0.6) is 0 Å². The number of hydrogen-bond acceptors (Lipinski definition) is 4. The molecule has 5 rings (SSSR count). The van der Waals surface area contributed by atoms with Crippen LogP contribution in [0.15, 0.2) is 65.3 Å². The zero-order valence-electron chi connectivity index (χ0n) is 18.2. The highest BCUT2D eigenvalue weighted by Crippen LogP contribution is 2.31. The first-order valence-corrected chi connectivity index (χ1v) is 12.1. The van der Waals surface area contributed by atoms with Crippen molar-refractivity contribution in [2.45, 2.75) is 18.9 Å². The van der Waals surface area contributed by atoms with Crippen LogP contribution in [0.2, 0.25) is 5.02 Å². The molecule has 1 amide bonds. The Balaban J connectivity index is 1.34. The number of carbonyl (C=O) groups excluding carboxylic acids is 1. The highest BCUT2D eigenvalue weighted by Gasteiger charge is 2.25. The molecule has 0 saturated carbocycles. The van der Waals surface area contributed by atoms with E-state index in [-0.39, 0.29) is 11.9 Å². The number of nitrogens with one attached hydrogen (secondary N) is 1. The Morgan fingerprint density at radius 2 is 1.88 bits per heavy atom. The van der Waals surface area contributed by atoms with Gasteiger partial charge in [-0.2, -0.15) is 9.61 Å². The summed E-state index contributed by atoms with van der Waals surface area (Å²) >= 11 is 9.98. The molecule has 1 saturated heterocycles. The van der Waals surface area contributed by atoms with E-state index in [2.05, 4.69) is 32.3 Å². The third-order valence-electron chi connectivity index (χ3n) is 6.01. The van der Waals surface area contributed by atoms with E-state index in [4.69, 9.17) is 23.0 Å². The smallest absolute Gasteiger partial charge is 0.253 e. The van der Waals surface area contributed by atoms with E-state index in [9.17, 15) is 4.79 Å². The van der Waals surface area contributed by atoms with Crippen LogP contribution >= 0.6 is 27.5 Å². The summed E-state index contributed by atoms with van der Waals surface area (Å²) in [4.78, 5) is 19.5. The zero-order valence-corrected chi connectivity index (χ0v) is 20.6. The summed E-state index contributed by atoms with van der Waals surface area (Å²) in [5.41, 5.74) is 3.77. The summed E-state index contributed by atoms with van der Waals surface area (Å²) in [7, 11) is 0. The monoisotopic (exact) mass is 533 g/mol.